The van der Waals surface area contributed by atoms with Crippen LogP contribution in [-0.2, 0) is 17.6 Å². The lowest BCUT2D eigenvalue weighted by molar-refractivity contribution is -0.117. The second-order valence-electron chi connectivity index (χ2n) is 14.1. The van der Waals surface area contributed by atoms with Crippen LogP contribution in [0, 0.1) is 12.7 Å². The molecule has 1 amide bonds. The fourth-order valence-electron chi connectivity index (χ4n) is 7.14. The van der Waals surface area contributed by atoms with E-state index in [0.717, 1.165) is 72.0 Å². The Morgan fingerprint density at radius 3 is 2.02 bits per heavy atom. The highest BCUT2D eigenvalue weighted by atomic mass is 32.2. The highest BCUT2D eigenvalue weighted by molar-refractivity contribution is 8.12. The number of unbranched alkanes of at least 4 members (excludes halogenated alkanes) is 2. The number of aryl methyl sites for hydroxylation is 3. The monoisotopic (exact) mass is 766 g/mol. The average molecular weight is 767 g/mol. The summed E-state index contributed by atoms with van der Waals surface area (Å²) in [6.07, 6.45) is 15.0. The Hall–Kier alpha value is -3.01. The minimum atomic E-state index is -0.829. The second-order valence-corrected chi connectivity index (χ2v) is 15.8. The Kier molecular flexibility index (Phi) is 19.9. The lowest BCUT2D eigenvalue weighted by Crippen LogP contribution is -2.33. The van der Waals surface area contributed by atoms with Crippen LogP contribution in [0.4, 0.5) is 14.9 Å². The zero-order valence-electron chi connectivity index (χ0n) is 33.1. The van der Waals surface area contributed by atoms with Gasteiger partial charge in [0.25, 0.3) is 0 Å². The van der Waals surface area contributed by atoms with Crippen molar-refractivity contribution >= 4 is 40.4 Å². The van der Waals surface area contributed by atoms with Gasteiger partial charge in [0.15, 0.2) is 0 Å². The number of hydrogen-bond donors (Lipinski definition) is 2. The molecular formula is C44H63FN2O4S2. The van der Waals surface area contributed by atoms with Crippen molar-refractivity contribution in [3.63, 3.8) is 0 Å². The molecule has 1 aliphatic heterocycles. The Morgan fingerprint density at radius 1 is 0.906 bits per heavy atom. The molecule has 53 heavy (non-hydrogen) atoms. The van der Waals surface area contributed by atoms with Crippen molar-refractivity contribution in [2.24, 2.45) is 0 Å². The summed E-state index contributed by atoms with van der Waals surface area (Å²) in [5.41, 5.74) is 7.93. The van der Waals surface area contributed by atoms with Gasteiger partial charge in [0.1, 0.15) is 11.6 Å². The molecule has 1 saturated carbocycles. The number of carbonyl (C=O) groups excluding carboxylic acids is 1. The highest BCUT2D eigenvalue weighted by Gasteiger charge is 2.35. The number of nitrogens with zero attached hydrogens (tertiary/aromatic N) is 1. The number of nitrogens with one attached hydrogen (secondary N) is 1. The Bertz CT molecular complexity index is 1540. The molecule has 2 N–H and O–H groups in total. The van der Waals surface area contributed by atoms with Gasteiger partial charge < -0.3 is 15.2 Å². The van der Waals surface area contributed by atoms with Gasteiger partial charge in [-0.2, -0.15) is 11.8 Å². The Labute approximate surface area is 327 Å². The number of amides is 1. The molecule has 0 radical (unpaired) electrons. The van der Waals surface area contributed by atoms with Crippen LogP contribution in [0.1, 0.15) is 130 Å². The van der Waals surface area contributed by atoms with Crippen molar-refractivity contribution in [1.29, 1.82) is 0 Å². The number of hydrogen-bond acceptors (Lipinski definition) is 6. The van der Waals surface area contributed by atoms with E-state index in [2.05, 4.69) is 79.7 Å². The number of anilines is 1. The summed E-state index contributed by atoms with van der Waals surface area (Å²) in [5.74, 6) is 2.76. The molecule has 5 rings (SSSR count). The van der Waals surface area contributed by atoms with E-state index in [0.29, 0.717) is 18.8 Å². The molecule has 3 aromatic carbocycles. The predicted octanol–water partition coefficient (Wildman–Crippen LogP) is 12.1. The molecule has 1 saturated heterocycles. The van der Waals surface area contributed by atoms with Crippen LogP contribution in [0.25, 0.3) is 0 Å². The topological polar surface area (TPSA) is 78.9 Å². The quantitative estimate of drug-likeness (QED) is 0.149. The van der Waals surface area contributed by atoms with E-state index in [1.807, 2.05) is 25.6 Å². The van der Waals surface area contributed by atoms with Crippen molar-refractivity contribution in [2.45, 2.75) is 117 Å². The summed E-state index contributed by atoms with van der Waals surface area (Å²) in [5, 5.41) is 10.0. The van der Waals surface area contributed by atoms with Crippen molar-refractivity contribution in [2.75, 3.05) is 43.3 Å². The first kappa shape index (κ1) is 44.4. The van der Waals surface area contributed by atoms with Crippen molar-refractivity contribution in [3.8, 4) is 5.75 Å². The highest BCUT2D eigenvalue weighted by Crippen LogP contribution is 2.43. The van der Waals surface area contributed by atoms with Crippen LogP contribution >= 0.6 is 23.5 Å². The maximum atomic E-state index is 14.2. The van der Waals surface area contributed by atoms with Crippen molar-refractivity contribution in [3.05, 3.63) is 93.8 Å². The first-order valence-electron chi connectivity index (χ1n) is 19.5. The molecule has 9 heteroatoms. The van der Waals surface area contributed by atoms with Gasteiger partial charge in [0.2, 0.25) is 5.91 Å². The lowest BCUT2D eigenvalue weighted by Gasteiger charge is -2.28. The molecule has 1 heterocycles. The van der Waals surface area contributed by atoms with Crippen LogP contribution in [0.2, 0.25) is 0 Å². The zero-order valence-corrected chi connectivity index (χ0v) is 34.8. The molecular weight excluding hydrogens is 704 g/mol. The molecule has 3 aromatic rings. The Morgan fingerprint density at radius 2 is 1.53 bits per heavy atom. The minimum Gasteiger partial charge on any atom is -0.494 e. The van der Waals surface area contributed by atoms with Gasteiger partial charge in [-0.05, 0) is 145 Å². The summed E-state index contributed by atoms with van der Waals surface area (Å²) in [6.45, 7) is 12.5. The molecule has 0 unspecified atom stereocenters. The van der Waals surface area contributed by atoms with E-state index in [1.165, 1.54) is 67.0 Å². The first-order chi connectivity index (χ1) is 25.6. The van der Waals surface area contributed by atoms with Crippen LogP contribution in [-0.4, -0.2) is 59.2 Å². The number of halogens is 1. The molecule has 1 aliphatic carbocycles. The van der Waals surface area contributed by atoms with Crippen molar-refractivity contribution in [1.82, 2.24) is 4.90 Å². The summed E-state index contributed by atoms with van der Waals surface area (Å²) in [7, 11) is 0. The summed E-state index contributed by atoms with van der Waals surface area (Å²) >= 11 is 2.63. The maximum Gasteiger partial charge on any atom is 0.364 e. The third-order valence-electron chi connectivity index (χ3n) is 10.3. The minimum absolute atomic E-state index is 0.0492. The molecule has 292 valence electrons. The third kappa shape index (κ3) is 14.0. The van der Waals surface area contributed by atoms with Crippen LogP contribution in [0.15, 0.2) is 54.6 Å². The molecule has 0 spiro atoms. The summed E-state index contributed by atoms with van der Waals surface area (Å²) < 4.78 is 20.2. The fraction of sp³-hybridized carbons (Fsp3) is 0.545. The third-order valence-corrected chi connectivity index (χ3v) is 11.3. The number of ether oxygens (including phenoxy) is 1. The van der Waals surface area contributed by atoms with Gasteiger partial charge >= 0.3 is 5.30 Å². The maximum absolute atomic E-state index is 14.2. The van der Waals surface area contributed by atoms with Crippen LogP contribution in [0.3, 0.4) is 0 Å². The molecule has 6 nitrogen and oxygen atoms in total. The first-order valence-corrected chi connectivity index (χ1v) is 22.1. The average Bonchev–Trinajstić information content (AvgIpc) is 3.55. The van der Waals surface area contributed by atoms with E-state index in [9.17, 15) is 14.0 Å². The standard InChI is InChI=1S/C37H47FN2O2S.C5H12.C2H4O2S/c1-5-26-20-32(38)21-27(6-2)37(26)39-36(41)24-40-23-31(30-13-16-34(25(3)19-30)28-9-7-10-28)22-35(40)29-11-14-33(15-12-29)42-17-8-18-43-4;1-3-5-4-2;1-5-2(3)4/h11-16,19-21,28,31,35H,5-10,17-18,22-24H2,1-4H3,(H,39,41);3-5H2,1-2H3;1H3,(H,3,4)/t31-,35-;;/m1../s1. The fourth-order valence-corrected chi connectivity index (χ4v) is 7.54. The molecule has 2 aliphatic rings. The molecule has 0 bridgehead atoms. The molecule has 0 aromatic heterocycles. The molecule has 2 atom stereocenters. The van der Waals surface area contributed by atoms with Gasteiger partial charge in [-0.3, -0.25) is 9.69 Å². The second kappa shape index (κ2) is 23.7. The van der Waals surface area contributed by atoms with Gasteiger partial charge in [-0.25, -0.2) is 9.18 Å². The van der Waals surface area contributed by atoms with Gasteiger partial charge in [0.05, 0.1) is 13.2 Å². The van der Waals surface area contributed by atoms with Gasteiger partial charge in [-0.15, -0.1) is 0 Å². The van der Waals surface area contributed by atoms with Gasteiger partial charge in [0, 0.05) is 18.3 Å². The van der Waals surface area contributed by atoms with E-state index in [4.69, 9.17) is 9.84 Å². The largest absolute Gasteiger partial charge is 0.494 e. The number of likely N-dealkylation sites (tertiary alicyclic amines) is 1. The smallest absolute Gasteiger partial charge is 0.364 e. The van der Waals surface area contributed by atoms with E-state index >= 15 is 0 Å². The number of thioether (sulfide) groups is 2. The number of benzene rings is 3. The molecule has 2 fully saturated rings. The SMILES string of the molecule is CCCCC.CCc1cc(F)cc(CC)c1NC(=O)CN1C[C@H](c2ccc(C3CCC3)c(C)c2)C[C@@H]1c1ccc(OCCCSC)cc1.CSC(=O)O. The number of rotatable bonds is 15. The van der Waals surface area contributed by atoms with E-state index < -0.39 is 5.30 Å². The summed E-state index contributed by atoms with van der Waals surface area (Å²) in [6, 6.07) is 18.8. The van der Waals surface area contributed by atoms with Crippen LogP contribution in [0.5, 0.6) is 5.75 Å². The Balaban J connectivity index is 0.000000669. The lowest BCUT2D eigenvalue weighted by atomic mass is 9.77. The number of carbonyl (C=O) groups is 2. The van der Waals surface area contributed by atoms with E-state index in [1.54, 1.807) is 12.1 Å². The van der Waals surface area contributed by atoms with E-state index in [-0.39, 0.29) is 24.3 Å². The van der Waals surface area contributed by atoms with Gasteiger partial charge in [-0.1, -0.05) is 83.7 Å². The number of carboxylic acid groups (broad SMARTS) is 1. The zero-order chi connectivity index (χ0) is 38.8. The predicted molar refractivity (Wildman–Crippen MR) is 225 cm³/mol. The van der Waals surface area contributed by atoms with Crippen LogP contribution < -0.4 is 10.1 Å². The normalized spacial score (nSPS) is 16.8. The van der Waals surface area contributed by atoms with Crippen molar-refractivity contribution < 1.29 is 23.8 Å². The summed E-state index contributed by atoms with van der Waals surface area (Å²) in [4.78, 5) is 25.2.